The van der Waals surface area contributed by atoms with Crippen molar-refractivity contribution in [2.75, 3.05) is 6.54 Å². The molecule has 0 bridgehead atoms. The molecule has 0 radical (unpaired) electrons. The van der Waals surface area contributed by atoms with Crippen LogP contribution >= 0.6 is 11.6 Å². The number of halogens is 1. The van der Waals surface area contributed by atoms with E-state index in [1.54, 1.807) is 12.5 Å². The van der Waals surface area contributed by atoms with Crippen molar-refractivity contribution in [3.05, 3.63) is 41.5 Å². The van der Waals surface area contributed by atoms with Gasteiger partial charge in [0.25, 0.3) is 5.91 Å². The van der Waals surface area contributed by atoms with E-state index < -0.39 is 0 Å². The molecule has 0 saturated carbocycles. The molecular weight excluding hydrogens is 242 g/mol. The van der Waals surface area contributed by atoms with Crippen molar-refractivity contribution >= 4 is 17.5 Å². The minimum atomic E-state index is -0.270. The van der Waals surface area contributed by atoms with Gasteiger partial charge in [0, 0.05) is 24.9 Å². The Morgan fingerprint density at radius 1 is 1.35 bits per heavy atom. The van der Waals surface area contributed by atoms with Crippen molar-refractivity contribution in [1.29, 1.82) is 0 Å². The van der Waals surface area contributed by atoms with E-state index in [1.165, 1.54) is 12.4 Å². The third kappa shape index (κ3) is 3.25. The smallest absolute Gasteiger partial charge is 0.271 e. The largest absolute Gasteiger partial charge is 0.350 e. The summed E-state index contributed by atoms with van der Waals surface area (Å²) in [5.41, 5.74) is 1.21. The average Bonchev–Trinajstić information content (AvgIpc) is 2.83. The Morgan fingerprint density at radius 3 is 2.88 bits per heavy atom. The van der Waals surface area contributed by atoms with Crippen molar-refractivity contribution in [3.8, 4) is 0 Å². The third-order valence-electron chi connectivity index (χ3n) is 2.09. The van der Waals surface area contributed by atoms with Gasteiger partial charge in [-0.2, -0.15) is 0 Å². The molecule has 1 amide bonds. The van der Waals surface area contributed by atoms with Crippen LogP contribution in [-0.2, 0) is 6.42 Å². The first-order chi connectivity index (χ1) is 8.25. The van der Waals surface area contributed by atoms with Crippen LogP contribution in [0.1, 0.15) is 16.2 Å². The number of imidazole rings is 1. The number of hydrogen-bond acceptors (Lipinski definition) is 4. The molecule has 0 atom stereocenters. The standard InChI is InChI=1S/C10H10ClN5O/c11-9-5-14-8(4-15-9)10(17)13-2-1-7-3-12-6-16-7/h3-6H,1-2H2,(H,12,16)(H,13,17). The summed E-state index contributed by atoms with van der Waals surface area (Å²) in [4.78, 5) is 26.1. The van der Waals surface area contributed by atoms with Crippen LogP contribution in [0.5, 0.6) is 0 Å². The van der Waals surface area contributed by atoms with Crippen LogP contribution in [0.25, 0.3) is 0 Å². The van der Waals surface area contributed by atoms with E-state index >= 15 is 0 Å². The maximum atomic E-state index is 11.6. The summed E-state index contributed by atoms with van der Waals surface area (Å²) in [6, 6.07) is 0. The Hall–Kier alpha value is -1.95. The van der Waals surface area contributed by atoms with Gasteiger partial charge in [-0.1, -0.05) is 11.6 Å². The zero-order chi connectivity index (χ0) is 12.1. The molecular formula is C10H10ClN5O. The molecule has 0 saturated heterocycles. The van der Waals surface area contributed by atoms with Crippen LogP contribution in [0.4, 0.5) is 0 Å². The van der Waals surface area contributed by atoms with Crippen LogP contribution in [-0.4, -0.2) is 32.4 Å². The highest BCUT2D eigenvalue weighted by atomic mass is 35.5. The monoisotopic (exact) mass is 251 g/mol. The lowest BCUT2D eigenvalue weighted by Gasteiger charge is -2.02. The van der Waals surface area contributed by atoms with Gasteiger partial charge in [-0.25, -0.2) is 15.0 Å². The normalized spacial score (nSPS) is 10.2. The van der Waals surface area contributed by atoms with Crippen LogP contribution in [0.15, 0.2) is 24.9 Å². The molecule has 0 spiro atoms. The number of H-pyrrole nitrogens is 1. The fourth-order valence-electron chi connectivity index (χ4n) is 1.25. The van der Waals surface area contributed by atoms with Gasteiger partial charge < -0.3 is 10.3 Å². The number of aromatic nitrogens is 4. The molecule has 2 aromatic rings. The SMILES string of the molecule is O=C(NCCc1cnc[nH]1)c1cnc(Cl)cn1. The Labute approximate surface area is 102 Å². The van der Waals surface area contributed by atoms with Crippen molar-refractivity contribution < 1.29 is 4.79 Å². The molecule has 0 aliphatic carbocycles. The minimum Gasteiger partial charge on any atom is -0.350 e. The van der Waals surface area contributed by atoms with E-state index in [9.17, 15) is 4.79 Å². The van der Waals surface area contributed by atoms with Gasteiger partial charge >= 0.3 is 0 Å². The lowest BCUT2D eigenvalue weighted by molar-refractivity contribution is 0.0948. The molecule has 6 nitrogen and oxygen atoms in total. The van der Waals surface area contributed by atoms with E-state index in [0.29, 0.717) is 13.0 Å². The van der Waals surface area contributed by atoms with Gasteiger partial charge in [0.15, 0.2) is 0 Å². The number of rotatable bonds is 4. The zero-order valence-electron chi connectivity index (χ0n) is 8.85. The summed E-state index contributed by atoms with van der Waals surface area (Å²) in [6.45, 7) is 0.505. The van der Waals surface area contributed by atoms with E-state index in [1.807, 2.05) is 0 Å². The van der Waals surface area contributed by atoms with E-state index in [4.69, 9.17) is 11.6 Å². The van der Waals surface area contributed by atoms with Gasteiger partial charge in [-0.3, -0.25) is 4.79 Å². The fraction of sp³-hybridized carbons (Fsp3) is 0.200. The molecule has 2 aromatic heterocycles. The van der Waals surface area contributed by atoms with Crippen molar-refractivity contribution in [2.45, 2.75) is 6.42 Å². The van der Waals surface area contributed by atoms with Crippen molar-refractivity contribution in [2.24, 2.45) is 0 Å². The second kappa shape index (κ2) is 5.40. The fourth-order valence-corrected chi connectivity index (χ4v) is 1.35. The van der Waals surface area contributed by atoms with Gasteiger partial charge in [-0.15, -0.1) is 0 Å². The molecule has 2 N–H and O–H groups in total. The van der Waals surface area contributed by atoms with Crippen LogP contribution in [0.2, 0.25) is 5.15 Å². The maximum Gasteiger partial charge on any atom is 0.271 e. The first-order valence-electron chi connectivity index (χ1n) is 4.98. The first-order valence-corrected chi connectivity index (χ1v) is 5.36. The molecule has 0 aliphatic heterocycles. The van der Waals surface area contributed by atoms with E-state index in [0.717, 1.165) is 5.69 Å². The number of amides is 1. The molecule has 0 aromatic carbocycles. The summed E-state index contributed by atoms with van der Waals surface area (Å²) in [6.07, 6.45) is 6.68. The van der Waals surface area contributed by atoms with Crippen molar-refractivity contribution in [1.82, 2.24) is 25.3 Å². The predicted octanol–water partition coefficient (Wildman–Crippen LogP) is 0.826. The molecule has 88 valence electrons. The average molecular weight is 252 g/mol. The van der Waals surface area contributed by atoms with Crippen molar-refractivity contribution in [3.63, 3.8) is 0 Å². The van der Waals surface area contributed by atoms with Gasteiger partial charge in [-0.05, 0) is 0 Å². The highest BCUT2D eigenvalue weighted by molar-refractivity contribution is 6.29. The topological polar surface area (TPSA) is 83.6 Å². The number of nitrogens with one attached hydrogen (secondary N) is 2. The Morgan fingerprint density at radius 2 is 2.24 bits per heavy atom. The highest BCUT2D eigenvalue weighted by Gasteiger charge is 2.06. The molecule has 0 aliphatic rings. The Bertz CT molecular complexity index is 482. The second-order valence-electron chi connectivity index (χ2n) is 3.31. The highest BCUT2D eigenvalue weighted by Crippen LogP contribution is 2.01. The number of nitrogens with zero attached hydrogens (tertiary/aromatic N) is 3. The quantitative estimate of drug-likeness (QED) is 0.843. The minimum absolute atomic E-state index is 0.249. The summed E-state index contributed by atoms with van der Waals surface area (Å²) in [5.74, 6) is -0.270. The maximum absolute atomic E-state index is 11.6. The molecule has 7 heteroatoms. The number of carbonyl (C=O) groups is 1. The predicted molar refractivity (Wildman–Crippen MR) is 61.7 cm³/mol. The molecule has 17 heavy (non-hydrogen) atoms. The first kappa shape index (κ1) is 11.5. The third-order valence-corrected chi connectivity index (χ3v) is 2.28. The summed E-state index contributed by atoms with van der Waals surface area (Å²) in [5, 5.41) is 2.99. The lowest BCUT2D eigenvalue weighted by Crippen LogP contribution is -2.26. The molecule has 0 unspecified atom stereocenters. The van der Waals surface area contributed by atoms with Crippen LogP contribution in [0.3, 0.4) is 0 Å². The molecule has 2 heterocycles. The van der Waals surface area contributed by atoms with Crippen LogP contribution in [0, 0.1) is 0 Å². The Balaban J connectivity index is 1.83. The number of carbonyl (C=O) groups excluding carboxylic acids is 1. The lowest BCUT2D eigenvalue weighted by atomic mass is 10.3. The summed E-state index contributed by atoms with van der Waals surface area (Å²) < 4.78 is 0. The molecule has 0 fully saturated rings. The number of aromatic amines is 1. The van der Waals surface area contributed by atoms with Crippen LogP contribution < -0.4 is 5.32 Å². The van der Waals surface area contributed by atoms with Gasteiger partial charge in [0.2, 0.25) is 0 Å². The summed E-state index contributed by atoms with van der Waals surface area (Å²) >= 11 is 5.57. The van der Waals surface area contributed by atoms with E-state index in [2.05, 4.69) is 25.3 Å². The Kier molecular flexibility index (Phi) is 3.66. The number of hydrogen-bond donors (Lipinski definition) is 2. The summed E-state index contributed by atoms with van der Waals surface area (Å²) in [7, 11) is 0. The van der Waals surface area contributed by atoms with Gasteiger partial charge in [0.1, 0.15) is 10.8 Å². The van der Waals surface area contributed by atoms with E-state index in [-0.39, 0.29) is 16.8 Å². The van der Waals surface area contributed by atoms with Gasteiger partial charge in [0.05, 0.1) is 18.7 Å². The second-order valence-corrected chi connectivity index (χ2v) is 3.69. The molecule has 2 rings (SSSR count). The zero-order valence-corrected chi connectivity index (χ0v) is 9.61.